The first-order valence-corrected chi connectivity index (χ1v) is 7.61. The maximum Gasteiger partial charge on any atom is 0.225 e. The van der Waals surface area contributed by atoms with Gasteiger partial charge < -0.3 is 9.88 Å². The van der Waals surface area contributed by atoms with E-state index in [9.17, 15) is 9.18 Å². The van der Waals surface area contributed by atoms with Crippen LogP contribution in [-0.2, 0) is 4.79 Å². The Kier molecular flexibility index (Phi) is 3.70. The highest BCUT2D eigenvalue weighted by Crippen LogP contribution is 2.33. The van der Waals surface area contributed by atoms with Crippen LogP contribution in [0.2, 0.25) is 0 Å². The molecule has 1 aromatic heterocycles. The Morgan fingerprint density at radius 1 is 1.33 bits per heavy atom. The summed E-state index contributed by atoms with van der Waals surface area (Å²) in [4.78, 5) is 17.1. The maximum atomic E-state index is 13.2. The molecule has 1 amide bonds. The van der Waals surface area contributed by atoms with Crippen LogP contribution in [0.5, 0.6) is 0 Å². The largest absolute Gasteiger partial charge is 0.361 e. The number of hydrogen-bond acceptors (Lipinski definition) is 1. The lowest BCUT2D eigenvalue weighted by Crippen LogP contribution is -2.40. The van der Waals surface area contributed by atoms with Gasteiger partial charge in [-0.2, -0.15) is 0 Å². The minimum absolute atomic E-state index is 0.0672. The van der Waals surface area contributed by atoms with E-state index in [4.69, 9.17) is 0 Å². The number of carbonyl (C=O) groups excluding carboxylic acids is 1. The van der Waals surface area contributed by atoms with Crippen molar-refractivity contribution in [3.8, 4) is 0 Å². The predicted molar refractivity (Wildman–Crippen MR) is 81.6 cm³/mol. The van der Waals surface area contributed by atoms with Gasteiger partial charge in [-0.05, 0) is 42.5 Å². The van der Waals surface area contributed by atoms with Gasteiger partial charge in [0.15, 0.2) is 0 Å². The Labute approximate surface area is 124 Å². The number of hydrogen-bond donors (Lipinski definition) is 1. The second-order valence-corrected chi connectivity index (χ2v) is 6.19. The van der Waals surface area contributed by atoms with Crippen molar-refractivity contribution in [3.05, 3.63) is 35.8 Å². The predicted octanol–water partition coefficient (Wildman–Crippen LogP) is 3.67. The number of aromatic nitrogens is 1. The van der Waals surface area contributed by atoms with Crippen LogP contribution in [0.15, 0.2) is 24.4 Å². The molecule has 21 heavy (non-hydrogen) atoms. The maximum absolute atomic E-state index is 13.2. The van der Waals surface area contributed by atoms with Crippen molar-refractivity contribution in [1.82, 2.24) is 9.88 Å². The lowest BCUT2D eigenvalue weighted by molar-refractivity contribution is -0.135. The third-order valence-corrected chi connectivity index (χ3v) is 4.42. The molecule has 1 fully saturated rings. The van der Waals surface area contributed by atoms with E-state index in [1.54, 1.807) is 0 Å². The zero-order valence-electron chi connectivity index (χ0n) is 12.5. The van der Waals surface area contributed by atoms with Crippen LogP contribution in [0.4, 0.5) is 4.39 Å². The van der Waals surface area contributed by atoms with Crippen LogP contribution in [0.3, 0.4) is 0 Å². The van der Waals surface area contributed by atoms with E-state index < -0.39 is 0 Å². The quantitative estimate of drug-likeness (QED) is 0.899. The van der Waals surface area contributed by atoms with E-state index in [2.05, 4.69) is 4.98 Å². The monoisotopic (exact) mass is 288 g/mol. The Hall–Kier alpha value is -1.84. The first kappa shape index (κ1) is 14.1. The van der Waals surface area contributed by atoms with Gasteiger partial charge in [0.05, 0.1) is 0 Å². The molecular weight excluding hydrogens is 267 g/mol. The highest BCUT2D eigenvalue weighted by atomic mass is 19.1. The number of likely N-dealkylation sites (tertiary alicyclic amines) is 1. The summed E-state index contributed by atoms with van der Waals surface area (Å²) in [5.41, 5.74) is 2.10. The van der Waals surface area contributed by atoms with Gasteiger partial charge in [-0.1, -0.05) is 13.8 Å². The number of piperidine rings is 1. The summed E-state index contributed by atoms with van der Waals surface area (Å²) in [7, 11) is 0. The third kappa shape index (κ3) is 2.67. The van der Waals surface area contributed by atoms with Crippen molar-refractivity contribution < 1.29 is 9.18 Å². The van der Waals surface area contributed by atoms with Crippen molar-refractivity contribution in [3.63, 3.8) is 0 Å². The first-order chi connectivity index (χ1) is 10.1. The molecule has 1 aliphatic heterocycles. The molecule has 4 heteroatoms. The number of carbonyl (C=O) groups is 1. The zero-order valence-corrected chi connectivity index (χ0v) is 12.5. The summed E-state index contributed by atoms with van der Waals surface area (Å²) in [6.45, 7) is 5.52. The molecule has 0 atom stereocenters. The van der Waals surface area contributed by atoms with Crippen LogP contribution < -0.4 is 0 Å². The van der Waals surface area contributed by atoms with Gasteiger partial charge in [0.25, 0.3) is 0 Å². The van der Waals surface area contributed by atoms with Crippen LogP contribution in [0, 0.1) is 11.7 Å². The highest BCUT2D eigenvalue weighted by Gasteiger charge is 2.26. The molecule has 0 unspecified atom stereocenters. The molecule has 0 spiro atoms. The minimum atomic E-state index is -0.215. The van der Waals surface area contributed by atoms with Crippen molar-refractivity contribution in [2.24, 2.45) is 5.92 Å². The van der Waals surface area contributed by atoms with Gasteiger partial charge in [-0.25, -0.2) is 4.39 Å². The van der Waals surface area contributed by atoms with E-state index in [-0.39, 0.29) is 17.6 Å². The summed E-state index contributed by atoms with van der Waals surface area (Å²) in [6.07, 6.45) is 3.94. The van der Waals surface area contributed by atoms with Crippen molar-refractivity contribution in [2.45, 2.75) is 32.6 Å². The van der Waals surface area contributed by atoms with E-state index >= 15 is 0 Å². The lowest BCUT2D eigenvalue weighted by Gasteiger charge is -2.33. The number of aromatic amines is 1. The molecule has 112 valence electrons. The fourth-order valence-electron chi connectivity index (χ4n) is 3.23. The minimum Gasteiger partial charge on any atom is -0.361 e. The Morgan fingerprint density at radius 3 is 2.71 bits per heavy atom. The van der Waals surface area contributed by atoms with Crippen LogP contribution in [-0.4, -0.2) is 28.9 Å². The fourth-order valence-corrected chi connectivity index (χ4v) is 3.23. The van der Waals surface area contributed by atoms with Gasteiger partial charge in [-0.3, -0.25) is 4.79 Å². The standard InChI is InChI=1S/C17H21FN2O/c1-11(2)17(21)20-7-5-12(6-8-20)15-10-19-16-9-13(18)3-4-14(15)16/h3-4,9-12,19H,5-8H2,1-2H3. The molecule has 3 nitrogen and oxygen atoms in total. The number of nitrogens with one attached hydrogen (secondary N) is 1. The van der Waals surface area contributed by atoms with E-state index in [1.807, 2.05) is 31.0 Å². The fraction of sp³-hybridized carbons (Fsp3) is 0.471. The van der Waals surface area contributed by atoms with Gasteiger partial charge in [-0.15, -0.1) is 0 Å². The van der Waals surface area contributed by atoms with E-state index in [0.717, 1.165) is 36.8 Å². The van der Waals surface area contributed by atoms with Crippen molar-refractivity contribution in [1.29, 1.82) is 0 Å². The van der Waals surface area contributed by atoms with Gasteiger partial charge in [0, 0.05) is 36.1 Å². The molecular formula is C17H21FN2O. The van der Waals surface area contributed by atoms with Gasteiger partial charge in [0.1, 0.15) is 5.82 Å². The van der Waals surface area contributed by atoms with Crippen molar-refractivity contribution >= 4 is 16.8 Å². The van der Waals surface area contributed by atoms with E-state index in [0.29, 0.717) is 5.92 Å². The normalized spacial score (nSPS) is 16.9. The van der Waals surface area contributed by atoms with Crippen LogP contribution in [0.25, 0.3) is 10.9 Å². The number of benzene rings is 1. The first-order valence-electron chi connectivity index (χ1n) is 7.61. The molecule has 2 heterocycles. The second-order valence-electron chi connectivity index (χ2n) is 6.19. The average molecular weight is 288 g/mol. The zero-order chi connectivity index (χ0) is 15.0. The molecule has 1 aliphatic rings. The molecule has 2 aromatic rings. The number of nitrogens with zero attached hydrogens (tertiary/aromatic N) is 1. The SMILES string of the molecule is CC(C)C(=O)N1CCC(c2c[nH]c3cc(F)ccc23)CC1. The molecule has 1 N–H and O–H groups in total. The summed E-state index contributed by atoms with van der Waals surface area (Å²) in [5.74, 6) is 0.542. The third-order valence-electron chi connectivity index (χ3n) is 4.42. The number of amides is 1. The Bertz CT molecular complexity index is 654. The molecule has 0 bridgehead atoms. The van der Waals surface area contributed by atoms with Crippen LogP contribution in [0.1, 0.15) is 38.2 Å². The Morgan fingerprint density at radius 2 is 2.05 bits per heavy atom. The topological polar surface area (TPSA) is 36.1 Å². The van der Waals surface area contributed by atoms with Gasteiger partial charge >= 0.3 is 0 Å². The summed E-state index contributed by atoms with van der Waals surface area (Å²) in [6, 6.07) is 4.90. The summed E-state index contributed by atoms with van der Waals surface area (Å²) < 4.78 is 13.2. The lowest BCUT2D eigenvalue weighted by atomic mass is 9.89. The smallest absolute Gasteiger partial charge is 0.225 e. The van der Waals surface area contributed by atoms with Gasteiger partial charge in [0.2, 0.25) is 5.91 Å². The molecule has 1 saturated heterocycles. The van der Waals surface area contributed by atoms with Crippen LogP contribution >= 0.6 is 0 Å². The second kappa shape index (κ2) is 5.51. The molecule has 0 radical (unpaired) electrons. The number of H-pyrrole nitrogens is 1. The summed E-state index contributed by atoms with van der Waals surface area (Å²) in [5, 5.41) is 1.10. The average Bonchev–Trinajstić information content (AvgIpc) is 2.89. The number of halogens is 1. The summed E-state index contributed by atoms with van der Waals surface area (Å²) >= 11 is 0. The number of rotatable bonds is 2. The van der Waals surface area contributed by atoms with Crippen molar-refractivity contribution in [2.75, 3.05) is 13.1 Å². The molecule has 0 aliphatic carbocycles. The molecule has 0 saturated carbocycles. The van der Waals surface area contributed by atoms with E-state index in [1.165, 1.54) is 17.7 Å². The molecule has 1 aromatic carbocycles. The molecule has 3 rings (SSSR count). The number of fused-ring (bicyclic) bond motifs is 1. The Balaban J connectivity index is 1.75. The highest BCUT2D eigenvalue weighted by molar-refractivity contribution is 5.84.